The lowest BCUT2D eigenvalue weighted by Gasteiger charge is -2.24. The van der Waals surface area contributed by atoms with E-state index in [1.807, 2.05) is 0 Å². The highest BCUT2D eigenvalue weighted by molar-refractivity contribution is 7.85. The molecule has 0 saturated heterocycles. The second-order valence-electron chi connectivity index (χ2n) is 7.38. The van der Waals surface area contributed by atoms with Crippen LogP contribution in [0.2, 0.25) is 5.02 Å². The van der Waals surface area contributed by atoms with Crippen LogP contribution in [0.15, 0.2) is 52.3 Å². The van der Waals surface area contributed by atoms with E-state index in [1.165, 1.54) is 24.3 Å². The summed E-state index contributed by atoms with van der Waals surface area (Å²) in [5.41, 5.74) is 4.74. The van der Waals surface area contributed by atoms with Gasteiger partial charge in [-0.1, -0.05) is 23.7 Å². The molecular weight excluding hydrogens is 462 g/mol. The van der Waals surface area contributed by atoms with Gasteiger partial charge in [-0.05, 0) is 62.1 Å². The van der Waals surface area contributed by atoms with Crippen molar-refractivity contribution in [3.05, 3.63) is 58.6 Å². The van der Waals surface area contributed by atoms with E-state index >= 15 is 0 Å². The van der Waals surface area contributed by atoms with Crippen molar-refractivity contribution in [2.75, 3.05) is 6.16 Å². The van der Waals surface area contributed by atoms with Gasteiger partial charge in [0.1, 0.15) is 0 Å². The molecule has 2 aromatic rings. The van der Waals surface area contributed by atoms with E-state index < -0.39 is 41.8 Å². The fourth-order valence-corrected chi connectivity index (χ4v) is 5.57. The van der Waals surface area contributed by atoms with Gasteiger partial charge in [0.25, 0.3) is 0 Å². The van der Waals surface area contributed by atoms with Crippen molar-refractivity contribution in [1.29, 1.82) is 0 Å². The van der Waals surface area contributed by atoms with Crippen molar-refractivity contribution in [2.24, 2.45) is 5.73 Å². The quantitative estimate of drug-likeness (QED) is 0.471. The van der Waals surface area contributed by atoms with Gasteiger partial charge >= 0.3 is 13.8 Å². The van der Waals surface area contributed by atoms with Crippen molar-refractivity contribution in [2.45, 2.75) is 47.7 Å². The molecule has 0 saturated carbocycles. The lowest BCUT2D eigenvalue weighted by atomic mass is 9.96. The fourth-order valence-electron chi connectivity index (χ4n) is 3.00. The molecule has 0 fully saturated rings. The Morgan fingerprint density at radius 3 is 2.33 bits per heavy atom. The van der Waals surface area contributed by atoms with Crippen LogP contribution in [-0.4, -0.2) is 25.7 Å². The predicted molar refractivity (Wildman–Crippen MR) is 110 cm³/mol. The molecule has 0 bridgehead atoms. The molecule has 2 aromatic carbocycles. The Bertz CT molecular complexity index is 978. The Morgan fingerprint density at radius 2 is 1.77 bits per heavy atom. The first-order valence-corrected chi connectivity index (χ1v) is 12.2. The first kappa shape index (κ1) is 25.0. The van der Waals surface area contributed by atoms with Crippen LogP contribution in [-0.2, 0) is 28.0 Å². The van der Waals surface area contributed by atoms with E-state index in [0.29, 0.717) is 29.8 Å². The van der Waals surface area contributed by atoms with E-state index in [0.717, 1.165) is 12.1 Å². The highest BCUT2D eigenvalue weighted by Gasteiger charge is 2.31. The fraction of sp³-hybridized carbons (Fsp3) is 0.368. The number of halogens is 4. The minimum atomic E-state index is -4.53. The van der Waals surface area contributed by atoms with Gasteiger partial charge in [-0.3, -0.25) is 4.57 Å². The third kappa shape index (κ3) is 7.48. The standard InChI is InChI=1S/C19H22ClF3NO4PS/c1-18(24,12-29(25,26)27)9-3-4-13-7-8-16(11-17(13)20)30(28)15-6-2-5-14(10-15)19(21,22)23/h2,5-8,10-11H,3-4,9,12,24H2,1H3,(H2,25,26,27). The zero-order valence-corrected chi connectivity index (χ0v) is 18.5. The molecule has 0 spiro atoms. The molecule has 30 heavy (non-hydrogen) atoms. The minimum absolute atomic E-state index is 0.0185. The SMILES string of the molecule is CC(N)(CCCc1ccc(S(=O)c2cccc(C(F)(F)F)c2)cc1Cl)CP(=O)(O)O. The molecule has 0 aliphatic rings. The van der Waals surface area contributed by atoms with Gasteiger partial charge < -0.3 is 15.5 Å². The van der Waals surface area contributed by atoms with Gasteiger partial charge in [-0.25, -0.2) is 4.21 Å². The van der Waals surface area contributed by atoms with Crippen molar-refractivity contribution in [3.63, 3.8) is 0 Å². The minimum Gasteiger partial charge on any atom is -0.325 e. The van der Waals surface area contributed by atoms with Gasteiger partial charge in [0, 0.05) is 20.4 Å². The number of hydrogen-bond donors (Lipinski definition) is 3. The Kier molecular flexibility index (Phi) is 7.94. The van der Waals surface area contributed by atoms with Crippen molar-refractivity contribution < 1.29 is 31.7 Å². The number of benzene rings is 2. The van der Waals surface area contributed by atoms with E-state index in [-0.39, 0.29) is 9.79 Å². The summed E-state index contributed by atoms with van der Waals surface area (Å²) in [5, 5.41) is 0.307. The molecule has 5 nitrogen and oxygen atoms in total. The van der Waals surface area contributed by atoms with Crippen LogP contribution in [0.5, 0.6) is 0 Å². The third-order valence-corrected chi connectivity index (χ3v) is 7.23. The van der Waals surface area contributed by atoms with Crippen LogP contribution in [0, 0.1) is 0 Å². The zero-order chi connectivity index (χ0) is 22.7. The summed E-state index contributed by atoms with van der Waals surface area (Å²) in [5.74, 6) is 0. The summed E-state index contributed by atoms with van der Waals surface area (Å²) in [6.07, 6.45) is -3.61. The summed E-state index contributed by atoms with van der Waals surface area (Å²) in [7, 11) is -6.06. The lowest BCUT2D eigenvalue weighted by Crippen LogP contribution is -2.40. The zero-order valence-electron chi connectivity index (χ0n) is 16.0. The monoisotopic (exact) mass is 483 g/mol. The molecule has 0 aliphatic heterocycles. The Hall–Kier alpha value is -1.22. The molecular formula is C19H22ClF3NO4PS. The van der Waals surface area contributed by atoms with Crippen LogP contribution in [0.4, 0.5) is 13.2 Å². The summed E-state index contributed by atoms with van der Waals surface area (Å²) in [4.78, 5) is 18.4. The number of nitrogens with two attached hydrogens (primary N) is 1. The maximum atomic E-state index is 12.9. The summed E-state index contributed by atoms with van der Waals surface area (Å²) < 4.78 is 62.4. The molecule has 2 atom stereocenters. The van der Waals surface area contributed by atoms with E-state index in [2.05, 4.69) is 0 Å². The Morgan fingerprint density at radius 1 is 1.13 bits per heavy atom. The number of aryl methyl sites for hydroxylation is 1. The number of rotatable bonds is 8. The smallest absolute Gasteiger partial charge is 0.325 e. The predicted octanol–water partition coefficient (Wildman–Crippen LogP) is 4.74. The molecule has 4 N–H and O–H groups in total. The molecule has 0 aliphatic carbocycles. The maximum absolute atomic E-state index is 12.9. The summed E-state index contributed by atoms with van der Waals surface area (Å²) >= 11 is 6.25. The lowest BCUT2D eigenvalue weighted by molar-refractivity contribution is -0.137. The normalized spacial score (nSPS) is 15.6. The third-order valence-electron chi connectivity index (χ3n) is 4.38. The Labute approximate surface area is 180 Å². The van der Waals surface area contributed by atoms with Crippen molar-refractivity contribution in [1.82, 2.24) is 0 Å². The molecule has 2 unspecified atom stereocenters. The van der Waals surface area contributed by atoms with Gasteiger partial charge in [0.2, 0.25) is 0 Å². The van der Waals surface area contributed by atoms with Crippen molar-refractivity contribution >= 4 is 30.0 Å². The van der Waals surface area contributed by atoms with Crippen molar-refractivity contribution in [3.8, 4) is 0 Å². The van der Waals surface area contributed by atoms with Crippen LogP contribution in [0.3, 0.4) is 0 Å². The highest BCUT2D eigenvalue weighted by Crippen LogP contribution is 2.39. The maximum Gasteiger partial charge on any atom is 0.416 e. The molecule has 166 valence electrons. The molecule has 2 rings (SSSR count). The van der Waals surface area contributed by atoms with Crippen LogP contribution in [0.25, 0.3) is 0 Å². The van der Waals surface area contributed by atoms with Crippen LogP contribution < -0.4 is 5.73 Å². The first-order valence-electron chi connectivity index (χ1n) is 8.89. The molecule has 11 heteroatoms. The van der Waals surface area contributed by atoms with Gasteiger partial charge in [0.15, 0.2) is 0 Å². The van der Waals surface area contributed by atoms with Crippen LogP contribution in [0.1, 0.15) is 30.9 Å². The second-order valence-corrected chi connectivity index (χ2v) is 10.9. The topological polar surface area (TPSA) is 101 Å². The average Bonchev–Trinajstić information content (AvgIpc) is 2.59. The largest absolute Gasteiger partial charge is 0.416 e. The van der Waals surface area contributed by atoms with E-state index in [4.69, 9.17) is 27.1 Å². The highest BCUT2D eigenvalue weighted by atomic mass is 35.5. The molecule has 0 radical (unpaired) electrons. The molecule has 0 heterocycles. The van der Waals surface area contributed by atoms with E-state index in [9.17, 15) is 21.9 Å². The average molecular weight is 484 g/mol. The van der Waals surface area contributed by atoms with Gasteiger partial charge in [-0.15, -0.1) is 0 Å². The Balaban J connectivity index is 2.08. The first-order chi connectivity index (χ1) is 13.7. The second kappa shape index (κ2) is 9.51. The van der Waals surface area contributed by atoms with Gasteiger partial charge in [-0.2, -0.15) is 13.2 Å². The summed E-state index contributed by atoms with van der Waals surface area (Å²) in [6, 6.07) is 8.94. The van der Waals surface area contributed by atoms with E-state index in [1.54, 1.807) is 13.0 Å². The number of alkyl halides is 3. The molecule has 0 amide bonds. The number of hydrogen-bond acceptors (Lipinski definition) is 3. The summed E-state index contributed by atoms with van der Waals surface area (Å²) in [6.45, 7) is 1.56. The molecule has 0 aromatic heterocycles. The van der Waals surface area contributed by atoms with Crippen LogP contribution >= 0.6 is 19.2 Å². The van der Waals surface area contributed by atoms with Gasteiger partial charge in [0.05, 0.1) is 22.5 Å².